The molecule has 5 heteroatoms. The van der Waals surface area contributed by atoms with Crippen LogP contribution in [0.5, 0.6) is 0 Å². The molecule has 1 aliphatic rings. The molecular formula is C12H18FNO2S. The van der Waals surface area contributed by atoms with E-state index in [9.17, 15) is 9.18 Å². The Morgan fingerprint density at radius 3 is 2.94 bits per heavy atom. The summed E-state index contributed by atoms with van der Waals surface area (Å²) in [7, 11) is 0. The Hall–Kier alpha value is -0.810. The molecule has 17 heavy (non-hydrogen) atoms. The summed E-state index contributed by atoms with van der Waals surface area (Å²) in [5.74, 6) is -0.579. The van der Waals surface area contributed by atoms with Crippen molar-refractivity contribution in [1.29, 1.82) is 0 Å². The zero-order valence-electron chi connectivity index (χ0n) is 10.1. The number of carbonyl (C=O) groups excluding carboxylic acids is 1. The number of thioether (sulfide) groups is 1. The van der Waals surface area contributed by atoms with E-state index in [0.717, 1.165) is 0 Å². The lowest BCUT2D eigenvalue weighted by Crippen LogP contribution is -2.30. The van der Waals surface area contributed by atoms with Gasteiger partial charge in [-0.2, -0.15) is 11.8 Å². The molecule has 0 spiro atoms. The van der Waals surface area contributed by atoms with Crippen molar-refractivity contribution in [3.63, 3.8) is 0 Å². The molecule has 96 valence electrons. The van der Waals surface area contributed by atoms with E-state index in [1.807, 2.05) is 12.3 Å². The van der Waals surface area contributed by atoms with Crippen LogP contribution in [0.15, 0.2) is 24.1 Å². The third-order valence-corrected chi connectivity index (χ3v) is 4.48. The van der Waals surface area contributed by atoms with Gasteiger partial charge in [0, 0.05) is 17.1 Å². The lowest BCUT2D eigenvalue weighted by molar-refractivity contribution is -0.129. The van der Waals surface area contributed by atoms with Gasteiger partial charge in [0.05, 0.1) is 0 Å². The molecule has 0 saturated heterocycles. The summed E-state index contributed by atoms with van der Waals surface area (Å²) in [6.07, 6.45) is 8.49. The van der Waals surface area contributed by atoms with Gasteiger partial charge in [0.15, 0.2) is 0 Å². The number of nitrogens with one attached hydrogen (secondary N) is 1. The Balaban J connectivity index is 2.61. The number of allylic oxidation sites excluding steroid dienone is 4. The van der Waals surface area contributed by atoms with Gasteiger partial charge in [-0.05, 0) is 31.2 Å². The van der Waals surface area contributed by atoms with Gasteiger partial charge in [0.1, 0.15) is 5.83 Å². The number of carbonyl (C=O) groups is 1. The maximum absolute atomic E-state index is 12.9. The average molecular weight is 259 g/mol. The van der Waals surface area contributed by atoms with E-state index in [1.54, 1.807) is 23.3 Å². The Bertz CT molecular complexity index is 343. The van der Waals surface area contributed by atoms with Gasteiger partial charge < -0.3 is 0 Å². The summed E-state index contributed by atoms with van der Waals surface area (Å²) in [5.41, 5.74) is 1.49. The van der Waals surface area contributed by atoms with E-state index in [4.69, 9.17) is 5.21 Å². The molecule has 0 heterocycles. The Labute approximate surface area is 105 Å². The molecule has 0 bridgehead atoms. The molecule has 1 aliphatic carbocycles. The first-order valence-corrected chi connectivity index (χ1v) is 6.81. The summed E-state index contributed by atoms with van der Waals surface area (Å²) in [6.45, 7) is 2.06. The van der Waals surface area contributed by atoms with E-state index in [2.05, 4.69) is 6.92 Å². The number of hydrogen-bond acceptors (Lipinski definition) is 3. The molecule has 2 N–H and O–H groups in total. The first-order valence-electron chi connectivity index (χ1n) is 5.52. The zero-order valence-corrected chi connectivity index (χ0v) is 10.9. The molecule has 0 aliphatic heterocycles. The van der Waals surface area contributed by atoms with Crippen LogP contribution in [0, 0.1) is 5.41 Å². The standard InChI is InChI=1S/C12H18FNO2S/c1-12(7-5-9(13)6-8-12)10(17-2)3-4-11(15)14-16/h5-7,10,16H,3-4,8H2,1-2H3,(H,14,15). The molecule has 0 fully saturated rings. The maximum Gasteiger partial charge on any atom is 0.243 e. The van der Waals surface area contributed by atoms with Crippen molar-refractivity contribution in [2.45, 2.75) is 31.4 Å². The predicted octanol–water partition coefficient (Wildman–Crippen LogP) is 2.82. The van der Waals surface area contributed by atoms with Crippen LogP contribution in [0.4, 0.5) is 4.39 Å². The van der Waals surface area contributed by atoms with Gasteiger partial charge in [-0.1, -0.05) is 13.0 Å². The van der Waals surface area contributed by atoms with Crippen LogP contribution in [0.2, 0.25) is 0 Å². The highest BCUT2D eigenvalue weighted by Crippen LogP contribution is 2.40. The van der Waals surface area contributed by atoms with Crippen molar-refractivity contribution in [3.8, 4) is 0 Å². The van der Waals surface area contributed by atoms with E-state index in [1.165, 1.54) is 6.08 Å². The van der Waals surface area contributed by atoms with Gasteiger partial charge in [0.25, 0.3) is 0 Å². The lowest BCUT2D eigenvalue weighted by Gasteiger charge is -2.34. The lowest BCUT2D eigenvalue weighted by atomic mass is 9.78. The molecular weight excluding hydrogens is 241 g/mol. The van der Waals surface area contributed by atoms with E-state index in [0.29, 0.717) is 12.8 Å². The highest BCUT2D eigenvalue weighted by atomic mass is 32.2. The third-order valence-electron chi connectivity index (χ3n) is 3.14. The fourth-order valence-electron chi connectivity index (χ4n) is 2.00. The predicted molar refractivity (Wildman–Crippen MR) is 67.5 cm³/mol. The highest BCUT2D eigenvalue weighted by molar-refractivity contribution is 7.99. The van der Waals surface area contributed by atoms with Crippen LogP contribution in [-0.4, -0.2) is 22.6 Å². The molecule has 3 nitrogen and oxygen atoms in total. The molecule has 0 saturated carbocycles. The molecule has 0 radical (unpaired) electrons. The molecule has 1 rings (SSSR count). The minimum atomic E-state index is -0.380. The Morgan fingerprint density at radius 1 is 1.76 bits per heavy atom. The minimum absolute atomic E-state index is 0.134. The molecule has 1 amide bonds. The van der Waals surface area contributed by atoms with Gasteiger partial charge in [-0.25, -0.2) is 9.87 Å². The van der Waals surface area contributed by atoms with Crippen LogP contribution in [0.25, 0.3) is 0 Å². The third kappa shape index (κ3) is 3.85. The van der Waals surface area contributed by atoms with Crippen LogP contribution < -0.4 is 5.48 Å². The molecule has 0 aromatic rings. The number of amides is 1. The minimum Gasteiger partial charge on any atom is -0.289 e. The highest BCUT2D eigenvalue weighted by Gasteiger charge is 2.32. The summed E-state index contributed by atoms with van der Waals surface area (Å²) in [5, 5.41) is 8.67. The van der Waals surface area contributed by atoms with Crippen LogP contribution in [-0.2, 0) is 4.79 Å². The van der Waals surface area contributed by atoms with Gasteiger partial charge in [-0.15, -0.1) is 0 Å². The van der Waals surface area contributed by atoms with Gasteiger partial charge in [0.2, 0.25) is 5.91 Å². The van der Waals surface area contributed by atoms with Crippen molar-refractivity contribution in [2.24, 2.45) is 5.41 Å². The van der Waals surface area contributed by atoms with Crippen molar-refractivity contribution in [2.75, 3.05) is 6.26 Å². The number of hydroxylamine groups is 1. The molecule has 0 aromatic heterocycles. The summed E-state index contributed by atoms with van der Waals surface area (Å²) in [4.78, 5) is 11.0. The van der Waals surface area contributed by atoms with E-state index in [-0.39, 0.29) is 28.8 Å². The monoisotopic (exact) mass is 259 g/mol. The second-order valence-corrected chi connectivity index (χ2v) is 5.47. The van der Waals surface area contributed by atoms with Crippen molar-refractivity contribution >= 4 is 17.7 Å². The summed E-state index contributed by atoms with van der Waals surface area (Å²) >= 11 is 1.66. The first-order chi connectivity index (χ1) is 8.01. The summed E-state index contributed by atoms with van der Waals surface area (Å²) < 4.78 is 12.9. The van der Waals surface area contributed by atoms with Crippen molar-refractivity contribution in [1.82, 2.24) is 5.48 Å². The summed E-state index contributed by atoms with van der Waals surface area (Å²) in [6, 6.07) is 0. The average Bonchev–Trinajstić information content (AvgIpc) is 2.33. The Kier molecular flexibility index (Phi) is 5.21. The van der Waals surface area contributed by atoms with E-state index < -0.39 is 0 Å². The smallest absolute Gasteiger partial charge is 0.243 e. The van der Waals surface area contributed by atoms with Crippen LogP contribution in [0.3, 0.4) is 0 Å². The number of hydrogen-bond donors (Lipinski definition) is 2. The second-order valence-electron chi connectivity index (χ2n) is 4.43. The van der Waals surface area contributed by atoms with Gasteiger partial charge in [-0.3, -0.25) is 10.0 Å². The van der Waals surface area contributed by atoms with Crippen molar-refractivity contribution in [3.05, 3.63) is 24.1 Å². The Morgan fingerprint density at radius 2 is 2.47 bits per heavy atom. The maximum atomic E-state index is 12.9. The first kappa shape index (κ1) is 14.3. The van der Waals surface area contributed by atoms with Crippen LogP contribution in [0.1, 0.15) is 26.2 Å². The fourth-order valence-corrected chi connectivity index (χ4v) is 3.06. The quantitative estimate of drug-likeness (QED) is 0.589. The van der Waals surface area contributed by atoms with Gasteiger partial charge >= 0.3 is 0 Å². The fraction of sp³-hybridized carbons (Fsp3) is 0.583. The molecule has 2 atom stereocenters. The normalized spacial score (nSPS) is 25.3. The SMILES string of the molecule is CSC(CCC(=O)NO)C1(C)C=CC(F)=CC1. The zero-order chi connectivity index (χ0) is 12.9. The van der Waals surface area contributed by atoms with E-state index >= 15 is 0 Å². The number of rotatable bonds is 5. The molecule has 2 unspecified atom stereocenters. The van der Waals surface area contributed by atoms with Crippen LogP contribution >= 0.6 is 11.8 Å². The van der Waals surface area contributed by atoms with Crippen molar-refractivity contribution < 1.29 is 14.4 Å². The molecule has 0 aromatic carbocycles. The number of halogens is 1. The largest absolute Gasteiger partial charge is 0.289 e. The topological polar surface area (TPSA) is 49.3 Å². The second kappa shape index (κ2) is 6.21.